The van der Waals surface area contributed by atoms with E-state index in [-0.39, 0.29) is 24.4 Å². The Bertz CT molecular complexity index is 1100. The summed E-state index contributed by atoms with van der Waals surface area (Å²) in [5.41, 5.74) is 1.52. The molecule has 2 N–H and O–H groups in total. The van der Waals surface area contributed by atoms with E-state index in [1.807, 2.05) is 36.4 Å². The number of nitrogens with zero attached hydrogens (tertiary/aromatic N) is 2. The number of carbonyl (C=O) groups excluding carboxylic acids is 2. The van der Waals surface area contributed by atoms with Crippen molar-refractivity contribution in [2.24, 2.45) is 0 Å². The summed E-state index contributed by atoms with van der Waals surface area (Å²) in [6, 6.07) is 11.9. The minimum absolute atomic E-state index is 0.0557. The van der Waals surface area contributed by atoms with Crippen molar-refractivity contribution in [2.75, 3.05) is 5.32 Å². The van der Waals surface area contributed by atoms with Gasteiger partial charge in [0.15, 0.2) is 0 Å². The Hall–Kier alpha value is -2.90. The Morgan fingerprint density at radius 3 is 2.81 bits per heavy atom. The number of amides is 2. The molecule has 1 aromatic carbocycles. The van der Waals surface area contributed by atoms with Gasteiger partial charge in [0.2, 0.25) is 11.8 Å². The van der Waals surface area contributed by atoms with Gasteiger partial charge >= 0.3 is 0 Å². The first-order valence-corrected chi connectivity index (χ1v) is 11.4. The molecule has 0 spiro atoms. The summed E-state index contributed by atoms with van der Waals surface area (Å²) in [5.74, 6) is -0.317. The Labute approximate surface area is 189 Å². The van der Waals surface area contributed by atoms with E-state index in [1.165, 1.54) is 29.8 Å². The smallest absolute Gasteiger partial charge is 0.248 e. The van der Waals surface area contributed by atoms with Gasteiger partial charge in [-0.1, -0.05) is 42.6 Å². The monoisotopic (exact) mass is 454 g/mol. The zero-order valence-corrected chi connectivity index (χ0v) is 18.5. The molecule has 6 nitrogen and oxygen atoms in total. The lowest BCUT2D eigenvalue weighted by Crippen LogP contribution is -2.35. The van der Waals surface area contributed by atoms with E-state index < -0.39 is 0 Å². The zero-order chi connectivity index (χ0) is 21.6. The number of rotatable bonds is 7. The van der Waals surface area contributed by atoms with Gasteiger partial charge in [0.05, 0.1) is 11.9 Å². The van der Waals surface area contributed by atoms with Crippen LogP contribution in [-0.2, 0) is 16.1 Å². The molecule has 0 bridgehead atoms. The number of hydrogen-bond donors (Lipinski definition) is 2. The fraction of sp³-hybridized carbons (Fsp3) is 0.261. The van der Waals surface area contributed by atoms with Crippen LogP contribution in [0, 0.1) is 0 Å². The molecule has 31 heavy (non-hydrogen) atoms. The van der Waals surface area contributed by atoms with Crippen LogP contribution in [0.4, 0.5) is 5.69 Å². The summed E-state index contributed by atoms with van der Waals surface area (Å²) in [5, 5.41) is 10.7. The number of aromatic nitrogens is 2. The number of anilines is 1. The molecule has 1 aliphatic carbocycles. The molecule has 0 atom stereocenters. The molecule has 2 amide bonds. The molecule has 0 aliphatic heterocycles. The largest absolute Gasteiger partial charge is 0.352 e. The molecule has 8 heteroatoms. The Balaban J connectivity index is 1.29. The van der Waals surface area contributed by atoms with Gasteiger partial charge in [-0.2, -0.15) is 5.10 Å². The van der Waals surface area contributed by atoms with Gasteiger partial charge < -0.3 is 10.6 Å². The highest BCUT2D eigenvalue weighted by Gasteiger charge is 2.17. The van der Waals surface area contributed by atoms with Crippen molar-refractivity contribution in [3.63, 3.8) is 0 Å². The summed E-state index contributed by atoms with van der Waals surface area (Å²) in [4.78, 5) is 26.3. The molecular weight excluding hydrogens is 432 g/mol. The van der Waals surface area contributed by atoms with Crippen molar-refractivity contribution in [1.29, 1.82) is 0 Å². The van der Waals surface area contributed by atoms with E-state index in [4.69, 9.17) is 11.6 Å². The molecule has 0 unspecified atom stereocenters. The first-order chi connectivity index (χ1) is 15.1. The van der Waals surface area contributed by atoms with E-state index in [0.717, 1.165) is 28.2 Å². The predicted molar refractivity (Wildman–Crippen MR) is 125 cm³/mol. The molecule has 160 valence electrons. The van der Waals surface area contributed by atoms with Crippen molar-refractivity contribution in [2.45, 2.75) is 38.3 Å². The summed E-state index contributed by atoms with van der Waals surface area (Å²) in [6.07, 6.45) is 10.9. The topological polar surface area (TPSA) is 76.0 Å². The normalized spacial score (nSPS) is 14.2. The van der Waals surface area contributed by atoms with Gasteiger partial charge in [0.25, 0.3) is 0 Å². The lowest BCUT2D eigenvalue weighted by molar-refractivity contribution is -0.122. The maximum Gasteiger partial charge on any atom is 0.248 e. The van der Waals surface area contributed by atoms with Crippen LogP contribution < -0.4 is 10.6 Å². The van der Waals surface area contributed by atoms with Crippen LogP contribution in [0.15, 0.2) is 54.9 Å². The highest BCUT2D eigenvalue weighted by atomic mass is 35.5. The third-order valence-electron chi connectivity index (χ3n) is 5.09. The maximum absolute atomic E-state index is 12.2. The van der Waals surface area contributed by atoms with E-state index in [1.54, 1.807) is 23.6 Å². The highest BCUT2D eigenvalue weighted by Crippen LogP contribution is 2.33. The van der Waals surface area contributed by atoms with Gasteiger partial charge in [0, 0.05) is 38.7 Å². The maximum atomic E-state index is 12.2. The van der Waals surface area contributed by atoms with Gasteiger partial charge in [-0.3, -0.25) is 14.3 Å². The average Bonchev–Trinajstić information content (AvgIpc) is 3.50. The molecule has 2 heterocycles. The quantitative estimate of drug-likeness (QED) is 0.494. The van der Waals surface area contributed by atoms with Crippen LogP contribution in [0.5, 0.6) is 0 Å². The van der Waals surface area contributed by atoms with Crippen molar-refractivity contribution in [3.05, 3.63) is 64.8 Å². The van der Waals surface area contributed by atoms with Crippen LogP contribution in [0.1, 0.15) is 30.6 Å². The molecule has 1 fully saturated rings. The highest BCUT2D eigenvalue weighted by molar-refractivity contribution is 7.16. The summed E-state index contributed by atoms with van der Waals surface area (Å²) in [6.45, 7) is 0.141. The van der Waals surface area contributed by atoms with Gasteiger partial charge in [-0.05, 0) is 37.1 Å². The molecule has 1 aliphatic rings. The zero-order valence-electron chi connectivity index (χ0n) is 16.9. The average molecular weight is 455 g/mol. The third kappa shape index (κ3) is 5.83. The number of benzene rings is 1. The first-order valence-electron chi connectivity index (χ1n) is 10.2. The van der Waals surface area contributed by atoms with Crippen molar-refractivity contribution < 1.29 is 9.59 Å². The Morgan fingerprint density at radius 2 is 2.00 bits per heavy atom. The molecule has 3 aromatic rings. The molecule has 0 radical (unpaired) electrons. The summed E-state index contributed by atoms with van der Waals surface area (Å²) >= 11 is 7.81. The standard InChI is InChI=1S/C23H23ClN4O2S/c24-20-8-4-3-7-19(20)21-11-9-18(31-21)10-12-22(29)27-17-13-25-28(14-17)15-23(30)26-16-5-1-2-6-16/h3-4,7-14,16H,1-2,5-6,15H2,(H,26,30)(H,27,29)/b12-10+. The Morgan fingerprint density at radius 1 is 1.19 bits per heavy atom. The molecule has 1 saturated carbocycles. The number of halogens is 1. The van der Waals surface area contributed by atoms with E-state index in [0.29, 0.717) is 10.7 Å². The van der Waals surface area contributed by atoms with Crippen LogP contribution in [0.3, 0.4) is 0 Å². The van der Waals surface area contributed by atoms with Crippen LogP contribution in [0.2, 0.25) is 5.02 Å². The molecular formula is C23H23ClN4O2S. The van der Waals surface area contributed by atoms with Crippen molar-refractivity contribution in [1.82, 2.24) is 15.1 Å². The van der Waals surface area contributed by atoms with E-state index in [2.05, 4.69) is 15.7 Å². The number of thiophene rings is 1. The number of carbonyl (C=O) groups is 2. The fourth-order valence-electron chi connectivity index (χ4n) is 3.60. The molecule has 2 aromatic heterocycles. The second-order valence-corrected chi connectivity index (χ2v) is 9.00. The second kappa shape index (κ2) is 9.94. The molecule has 4 rings (SSSR count). The lowest BCUT2D eigenvalue weighted by Gasteiger charge is -2.11. The third-order valence-corrected chi connectivity index (χ3v) is 6.51. The SMILES string of the molecule is O=C(/C=C/c1ccc(-c2ccccc2Cl)s1)Nc1cnn(CC(=O)NC2CCCC2)c1. The Kier molecular flexibility index (Phi) is 6.84. The second-order valence-electron chi connectivity index (χ2n) is 7.48. The van der Waals surface area contributed by atoms with E-state index >= 15 is 0 Å². The van der Waals surface area contributed by atoms with Crippen LogP contribution in [-0.4, -0.2) is 27.6 Å². The van der Waals surface area contributed by atoms with Crippen molar-refractivity contribution >= 4 is 46.5 Å². The lowest BCUT2D eigenvalue weighted by atomic mass is 10.2. The van der Waals surface area contributed by atoms with E-state index in [9.17, 15) is 9.59 Å². The summed E-state index contributed by atoms with van der Waals surface area (Å²) < 4.78 is 1.53. The first kappa shape index (κ1) is 21.3. The van der Waals surface area contributed by atoms with Crippen LogP contribution >= 0.6 is 22.9 Å². The van der Waals surface area contributed by atoms with Crippen molar-refractivity contribution in [3.8, 4) is 10.4 Å². The minimum Gasteiger partial charge on any atom is -0.352 e. The molecule has 0 saturated heterocycles. The number of hydrogen-bond acceptors (Lipinski definition) is 4. The van der Waals surface area contributed by atoms with Gasteiger partial charge in [-0.15, -0.1) is 11.3 Å². The summed E-state index contributed by atoms with van der Waals surface area (Å²) in [7, 11) is 0. The number of nitrogens with one attached hydrogen (secondary N) is 2. The van der Waals surface area contributed by atoms with Gasteiger partial charge in [0.1, 0.15) is 6.54 Å². The van der Waals surface area contributed by atoms with Gasteiger partial charge in [-0.25, -0.2) is 0 Å². The fourth-order valence-corrected chi connectivity index (χ4v) is 4.84. The van der Waals surface area contributed by atoms with Crippen LogP contribution in [0.25, 0.3) is 16.5 Å². The minimum atomic E-state index is -0.261. The predicted octanol–water partition coefficient (Wildman–Crippen LogP) is 4.98.